The third-order valence-electron chi connectivity index (χ3n) is 2.74. The lowest BCUT2D eigenvalue weighted by molar-refractivity contribution is -0.120. The summed E-state index contributed by atoms with van der Waals surface area (Å²) < 4.78 is 5.10. The molecule has 0 unspecified atom stereocenters. The molecule has 0 aliphatic heterocycles. The number of methoxy groups -OCH3 is 1. The Balaban J connectivity index is 2.52. The van der Waals surface area contributed by atoms with Gasteiger partial charge >= 0.3 is 0 Å². The summed E-state index contributed by atoms with van der Waals surface area (Å²) in [5, 5.41) is 2.90. The van der Waals surface area contributed by atoms with Gasteiger partial charge in [0.1, 0.15) is 5.75 Å². The van der Waals surface area contributed by atoms with Crippen LogP contribution >= 0.6 is 11.8 Å². The van der Waals surface area contributed by atoms with Crippen molar-refractivity contribution in [3.63, 3.8) is 0 Å². The molecule has 0 saturated carbocycles. The van der Waals surface area contributed by atoms with Crippen molar-refractivity contribution in [3.05, 3.63) is 24.3 Å². The predicted octanol–water partition coefficient (Wildman–Crippen LogP) is 3.09. The maximum atomic E-state index is 11.9. The highest BCUT2D eigenvalue weighted by molar-refractivity contribution is 8.00. The molecule has 0 aliphatic carbocycles. The summed E-state index contributed by atoms with van der Waals surface area (Å²) in [6.07, 6.45) is 0.950. The summed E-state index contributed by atoms with van der Waals surface area (Å²) in [6.45, 7) is 6.00. The summed E-state index contributed by atoms with van der Waals surface area (Å²) >= 11 is 1.56. The Bertz CT molecular complexity index is 378. The van der Waals surface area contributed by atoms with Gasteiger partial charge in [0.05, 0.1) is 12.4 Å². The van der Waals surface area contributed by atoms with Crippen LogP contribution in [0.25, 0.3) is 0 Å². The molecule has 0 heterocycles. The fourth-order valence-electron chi connectivity index (χ4n) is 1.37. The van der Waals surface area contributed by atoms with Crippen molar-refractivity contribution in [2.45, 2.75) is 43.4 Å². The predicted molar refractivity (Wildman–Crippen MR) is 76.2 cm³/mol. The van der Waals surface area contributed by atoms with Gasteiger partial charge in [0, 0.05) is 10.9 Å². The minimum absolute atomic E-state index is 0.0881. The number of hydrogen-bond donors (Lipinski definition) is 1. The van der Waals surface area contributed by atoms with E-state index in [9.17, 15) is 4.79 Å². The van der Waals surface area contributed by atoms with Gasteiger partial charge in [0.25, 0.3) is 0 Å². The SMILES string of the molecule is CC[C@@H](C)NC(=O)[C@@H](C)Sc1ccc(OC)cc1. The Labute approximate surface area is 113 Å². The molecule has 4 heteroatoms. The monoisotopic (exact) mass is 267 g/mol. The standard InChI is InChI=1S/C14H21NO2S/c1-5-10(2)15-14(16)11(3)18-13-8-6-12(17-4)7-9-13/h6-11H,5H2,1-4H3,(H,15,16)/t10-,11-/m1/s1. The highest BCUT2D eigenvalue weighted by Crippen LogP contribution is 2.25. The van der Waals surface area contributed by atoms with Crippen molar-refractivity contribution >= 4 is 17.7 Å². The van der Waals surface area contributed by atoms with E-state index in [-0.39, 0.29) is 17.2 Å². The van der Waals surface area contributed by atoms with Crippen molar-refractivity contribution in [2.75, 3.05) is 7.11 Å². The van der Waals surface area contributed by atoms with Gasteiger partial charge in [-0.25, -0.2) is 0 Å². The Morgan fingerprint density at radius 2 is 1.94 bits per heavy atom. The molecule has 0 spiro atoms. The maximum absolute atomic E-state index is 11.9. The van der Waals surface area contributed by atoms with E-state index < -0.39 is 0 Å². The van der Waals surface area contributed by atoms with E-state index >= 15 is 0 Å². The lowest BCUT2D eigenvalue weighted by atomic mass is 10.2. The van der Waals surface area contributed by atoms with Gasteiger partial charge in [-0.3, -0.25) is 4.79 Å². The Kier molecular flexibility index (Phi) is 6.05. The van der Waals surface area contributed by atoms with Gasteiger partial charge in [-0.1, -0.05) is 6.92 Å². The van der Waals surface area contributed by atoms with Crippen LogP contribution in [0.5, 0.6) is 5.75 Å². The average molecular weight is 267 g/mol. The van der Waals surface area contributed by atoms with Crippen LogP contribution in [0.3, 0.4) is 0 Å². The third kappa shape index (κ3) is 4.61. The summed E-state index contributed by atoms with van der Waals surface area (Å²) in [5.41, 5.74) is 0. The molecular weight excluding hydrogens is 246 g/mol. The van der Waals surface area contributed by atoms with Crippen molar-refractivity contribution < 1.29 is 9.53 Å². The number of hydrogen-bond acceptors (Lipinski definition) is 3. The van der Waals surface area contributed by atoms with Gasteiger partial charge in [0.2, 0.25) is 5.91 Å². The average Bonchev–Trinajstić information content (AvgIpc) is 2.39. The van der Waals surface area contributed by atoms with Crippen molar-refractivity contribution in [3.8, 4) is 5.75 Å². The van der Waals surface area contributed by atoms with E-state index in [0.29, 0.717) is 0 Å². The normalized spacial score (nSPS) is 13.8. The van der Waals surface area contributed by atoms with Gasteiger partial charge in [0.15, 0.2) is 0 Å². The first-order valence-electron chi connectivity index (χ1n) is 6.18. The van der Waals surface area contributed by atoms with E-state index in [0.717, 1.165) is 17.1 Å². The number of nitrogens with one attached hydrogen (secondary N) is 1. The minimum Gasteiger partial charge on any atom is -0.497 e. The van der Waals surface area contributed by atoms with E-state index in [1.54, 1.807) is 18.9 Å². The van der Waals surface area contributed by atoms with Crippen LogP contribution in [0.15, 0.2) is 29.2 Å². The van der Waals surface area contributed by atoms with Crippen LogP contribution in [0, 0.1) is 0 Å². The quantitative estimate of drug-likeness (QED) is 0.805. The van der Waals surface area contributed by atoms with E-state index in [1.807, 2.05) is 38.1 Å². The molecule has 3 nitrogen and oxygen atoms in total. The molecule has 0 bridgehead atoms. The second-order valence-electron chi connectivity index (χ2n) is 4.25. The number of carbonyl (C=O) groups is 1. The maximum Gasteiger partial charge on any atom is 0.233 e. The molecule has 18 heavy (non-hydrogen) atoms. The Morgan fingerprint density at radius 1 is 1.33 bits per heavy atom. The molecular formula is C14H21NO2S. The Morgan fingerprint density at radius 3 is 2.44 bits per heavy atom. The number of thioether (sulfide) groups is 1. The zero-order chi connectivity index (χ0) is 13.5. The largest absolute Gasteiger partial charge is 0.497 e. The number of benzene rings is 1. The first-order chi connectivity index (χ1) is 8.56. The van der Waals surface area contributed by atoms with Crippen LogP contribution in [-0.4, -0.2) is 24.3 Å². The number of ether oxygens (including phenoxy) is 1. The number of rotatable bonds is 6. The van der Waals surface area contributed by atoms with Gasteiger partial charge < -0.3 is 10.1 Å². The minimum atomic E-state index is -0.0904. The van der Waals surface area contributed by atoms with Crippen molar-refractivity contribution in [1.82, 2.24) is 5.32 Å². The van der Waals surface area contributed by atoms with E-state index in [4.69, 9.17) is 4.74 Å². The Hall–Kier alpha value is -1.16. The molecule has 0 aliphatic rings. The highest BCUT2D eigenvalue weighted by Gasteiger charge is 2.15. The summed E-state index contributed by atoms with van der Waals surface area (Å²) in [7, 11) is 1.64. The topological polar surface area (TPSA) is 38.3 Å². The second-order valence-corrected chi connectivity index (χ2v) is 5.67. The van der Waals surface area contributed by atoms with Gasteiger partial charge in [-0.05, 0) is 44.5 Å². The van der Waals surface area contributed by atoms with Crippen LogP contribution in [-0.2, 0) is 4.79 Å². The van der Waals surface area contributed by atoms with E-state index in [1.165, 1.54) is 0 Å². The van der Waals surface area contributed by atoms with Crippen molar-refractivity contribution in [1.29, 1.82) is 0 Å². The smallest absolute Gasteiger partial charge is 0.233 e. The van der Waals surface area contributed by atoms with Gasteiger partial charge in [-0.15, -0.1) is 11.8 Å². The lowest BCUT2D eigenvalue weighted by Crippen LogP contribution is -2.37. The summed E-state index contributed by atoms with van der Waals surface area (Å²) in [4.78, 5) is 13.0. The molecule has 0 aromatic heterocycles. The third-order valence-corrected chi connectivity index (χ3v) is 3.85. The number of carbonyl (C=O) groups excluding carboxylic acids is 1. The van der Waals surface area contributed by atoms with Crippen LogP contribution in [0.4, 0.5) is 0 Å². The molecule has 0 saturated heterocycles. The molecule has 0 radical (unpaired) electrons. The fraction of sp³-hybridized carbons (Fsp3) is 0.500. The molecule has 1 amide bonds. The van der Waals surface area contributed by atoms with E-state index in [2.05, 4.69) is 12.2 Å². The molecule has 100 valence electrons. The highest BCUT2D eigenvalue weighted by atomic mass is 32.2. The molecule has 1 N–H and O–H groups in total. The molecule has 2 atom stereocenters. The lowest BCUT2D eigenvalue weighted by Gasteiger charge is -2.16. The molecule has 0 fully saturated rings. The van der Waals surface area contributed by atoms with Crippen LogP contribution in [0.1, 0.15) is 27.2 Å². The molecule has 1 aromatic rings. The fourth-order valence-corrected chi connectivity index (χ4v) is 2.25. The first kappa shape index (κ1) is 14.9. The second kappa shape index (κ2) is 7.31. The van der Waals surface area contributed by atoms with Gasteiger partial charge in [-0.2, -0.15) is 0 Å². The summed E-state index contributed by atoms with van der Waals surface area (Å²) in [6, 6.07) is 7.98. The zero-order valence-electron chi connectivity index (χ0n) is 11.4. The molecule has 1 rings (SSSR count). The zero-order valence-corrected chi connectivity index (χ0v) is 12.2. The van der Waals surface area contributed by atoms with Crippen molar-refractivity contribution in [2.24, 2.45) is 0 Å². The first-order valence-corrected chi connectivity index (χ1v) is 7.05. The summed E-state index contributed by atoms with van der Waals surface area (Å²) in [5.74, 6) is 0.918. The molecule has 1 aromatic carbocycles. The van der Waals surface area contributed by atoms with Crippen LogP contribution in [0.2, 0.25) is 0 Å². The van der Waals surface area contributed by atoms with Crippen LogP contribution < -0.4 is 10.1 Å². The number of amides is 1.